The Morgan fingerprint density at radius 1 is 1.40 bits per heavy atom. The van der Waals surface area contributed by atoms with Crippen molar-refractivity contribution in [3.05, 3.63) is 39.6 Å². The molecule has 5 nitrogen and oxygen atoms in total. The highest BCUT2D eigenvalue weighted by atomic mass is 79.9. The van der Waals surface area contributed by atoms with Gasteiger partial charge in [0.15, 0.2) is 0 Å². The van der Waals surface area contributed by atoms with E-state index >= 15 is 0 Å². The van der Waals surface area contributed by atoms with Crippen LogP contribution in [0.2, 0.25) is 0 Å². The second-order valence-electron chi connectivity index (χ2n) is 3.89. The summed E-state index contributed by atoms with van der Waals surface area (Å²) in [4.78, 5) is 15.8. The van der Waals surface area contributed by atoms with Crippen molar-refractivity contribution >= 4 is 27.8 Å². The van der Waals surface area contributed by atoms with Crippen LogP contribution >= 0.6 is 15.9 Å². The minimum absolute atomic E-state index is 0.00295. The van der Waals surface area contributed by atoms with Gasteiger partial charge in [-0.15, -0.1) is 5.10 Å². The molecule has 0 atom stereocenters. The van der Waals surface area contributed by atoms with Gasteiger partial charge in [0.1, 0.15) is 5.82 Å². The topological polar surface area (TPSA) is 70.7 Å². The van der Waals surface area contributed by atoms with E-state index in [4.69, 9.17) is 0 Å². The second-order valence-corrected chi connectivity index (χ2v) is 4.75. The lowest BCUT2D eigenvalue weighted by Gasteiger charge is -2.09. The third-order valence-electron chi connectivity index (χ3n) is 2.36. The zero-order valence-electron chi connectivity index (χ0n) is 10.0. The molecule has 0 fully saturated rings. The highest BCUT2D eigenvalue weighted by Gasteiger charge is 2.31. The quantitative estimate of drug-likeness (QED) is 0.875. The average molecular weight is 349 g/mol. The highest BCUT2D eigenvalue weighted by molar-refractivity contribution is 9.10. The molecular weight excluding hydrogens is 341 g/mol. The number of nitrogens with zero attached hydrogens (tertiary/aromatic N) is 2. The summed E-state index contributed by atoms with van der Waals surface area (Å²) in [7, 11) is 0. The molecule has 0 aliphatic rings. The number of amides is 1. The number of alkyl halides is 3. The number of carbonyl (C=O) groups is 1. The monoisotopic (exact) mass is 348 g/mol. The van der Waals surface area contributed by atoms with Crippen molar-refractivity contribution < 1.29 is 18.0 Å². The number of aryl methyl sites for hydroxylation is 1. The highest BCUT2D eigenvalue weighted by Crippen LogP contribution is 2.32. The zero-order valence-corrected chi connectivity index (χ0v) is 11.6. The molecule has 1 heterocycles. The molecule has 0 aliphatic carbocycles. The number of hydrogen-bond donors (Lipinski definition) is 2. The number of carbonyl (C=O) groups excluding carboxylic acids is 1. The average Bonchev–Trinajstić information content (AvgIpc) is 2.73. The fraction of sp³-hybridized carbons (Fsp3) is 0.182. The van der Waals surface area contributed by atoms with Crippen LogP contribution in [0.15, 0.2) is 22.7 Å². The van der Waals surface area contributed by atoms with E-state index in [-0.39, 0.29) is 16.0 Å². The predicted molar refractivity (Wildman–Crippen MR) is 68.2 cm³/mol. The molecule has 0 spiro atoms. The molecule has 1 aromatic heterocycles. The molecule has 1 amide bonds. The largest absolute Gasteiger partial charge is 0.416 e. The minimum atomic E-state index is -4.52. The summed E-state index contributed by atoms with van der Waals surface area (Å²) in [5.41, 5.74) is -1.06. The molecule has 1 aromatic carbocycles. The number of nitrogens with one attached hydrogen (secondary N) is 2. The van der Waals surface area contributed by atoms with Crippen LogP contribution in [-0.4, -0.2) is 21.1 Å². The van der Waals surface area contributed by atoms with Crippen molar-refractivity contribution in [2.24, 2.45) is 0 Å². The molecule has 2 N–H and O–H groups in total. The number of halogens is 4. The molecule has 2 aromatic rings. The van der Waals surface area contributed by atoms with Crippen LogP contribution in [0.3, 0.4) is 0 Å². The van der Waals surface area contributed by atoms with Crippen LogP contribution in [0.25, 0.3) is 0 Å². The SMILES string of the molecule is Cc1nc(NC(=O)c2cc(C(F)(F)F)ccc2Br)n[nH]1. The number of anilines is 1. The van der Waals surface area contributed by atoms with Crippen LogP contribution in [0, 0.1) is 6.92 Å². The number of benzene rings is 1. The van der Waals surface area contributed by atoms with E-state index in [1.165, 1.54) is 6.07 Å². The Kier molecular flexibility index (Phi) is 3.80. The standard InChI is InChI=1S/C11H8BrF3N4O/c1-5-16-10(19-18-5)17-9(20)7-4-6(11(13,14)15)2-3-8(7)12/h2-4H,1H3,(H2,16,17,18,19,20). The van der Waals surface area contributed by atoms with Gasteiger partial charge in [0, 0.05) is 4.47 Å². The first-order valence-corrected chi connectivity index (χ1v) is 6.14. The van der Waals surface area contributed by atoms with Gasteiger partial charge >= 0.3 is 6.18 Å². The van der Waals surface area contributed by atoms with Gasteiger partial charge in [0.25, 0.3) is 5.91 Å². The van der Waals surface area contributed by atoms with Crippen LogP contribution in [0.1, 0.15) is 21.7 Å². The third-order valence-corrected chi connectivity index (χ3v) is 3.05. The summed E-state index contributed by atoms with van der Waals surface area (Å²) >= 11 is 3.04. The maximum Gasteiger partial charge on any atom is 0.416 e. The van der Waals surface area contributed by atoms with Gasteiger partial charge in [-0.2, -0.15) is 18.2 Å². The number of aromatic nitrogens is 3. The van der Waals surface area contributed by atoms with Crippen LogP contribution in [0.4, 0.5) is 19.1 Å². The first-order chi connectivity index (χ1) is 9.27. The molecule has 20 heavy (non-hydrogen) atoms. The molecule has 0 radical (unpaired) electrons. The minimum Gasteiger partial charge on any atom is -0.289 e. The molecule has 0 bridgehead atoms. The van der Waals surface area contributed by atoms with Crippen molar-refractivity contribution in [2.75, 3.05) is 5.32 Å². The first kappa shape index (κ1) is 14.5. The Morgan fingerprint density at radius 2 is 2.10 bits per heavy atom. The van der Waals surface area contributed by atoms with E-state index in [9.17, 15) is 18.0 Å². The van der Waals surface area contributed by atoms with Gasteiger partial charge in [-0.3, -0.25) is 15.2 Å². The van der Waals surface area contributed by atoms with Crippen LogP contribution in [-0.2, 0) is 6.18 Å². The van der Waals surface area contributed by atoms with Gasteiger partial charge in [-0.25, -0.2) is 0 Å². The van der Waals surface area contributed by atoms with Crippen molar-refractivity contribution in [1.82, 2.24) is 15.2 Å². The van der Waals surface area contributed by atoms with E-state index in [1.807, 2.05) is 0 Å². The molecule has 0 aliphatic heterocycles. The van der Waals surface area contributed by atoms with Gasteiger partial charge in [-0.1, -0.05) is 0 Å². The maximum absolute atomic E-state index is 12.6. The maximum atomic E-state index is 12.6. The Labute approximate surface area is 119 Å². The predicted octanol–water partition coefficient (Wildman–Crippen LogP) is 3.15. The lowest BCUT2D eigenvalue weighted by atomic mass is 10.1. The molecule has 0 saturated carbocycles. The molecule has 0 unspecified atom stereocenters. The van der Waals surface area contributed by atoms with Crippen LogP contribution in [0.5, 0.6) is 0 Å². The molecule has 9 heteroatoms. The van der Waals surface area contributed by atoms with E-state index in [0.717, 1.165) is 12.1 Å². The normalized spacial score (nSPS) is 11.4. The number of hydrogen-bond acceptors (Lipinski definition) is 3. The summed E-state index contributed by atoms with van der Waals surface area (Å²) < 4.78 is 38.1. The lowest BCUT2D eigenvalue weighted by molar-refractivity contribution is -0.137. The van der Waals surface area contributed by atoms with Gasteiger partial charge in [0.05, 0.1) is 11.1 Å². The van der Waals surface area contributed by atoms with Gasteiger partial charge in [-0.05, 0) is 41.1 Å². The molecule has 2 rings (SSSR count). The number of aromatic amines is 1. The van der Waals surface area contributed by atoms with Gasteiger partial charge in [0.2, 0.25) is 5.95 Å². The Morgan fingerprint density at radius 3 is 2.65 bits per heavy atom. The fourth-order valence-corrected chi connectivity index (χ4v) is 1.87. The number of rotatable bonds is 2. The van der Waals surface area contributed by atoms with E-state index in [2.05, 4.69) is 36.4 Å². The van der Waals surface area contributed by atoms with Crippen molar-refractivity contribution in [3.8, 4) is 0 Å². The molecular formula is C11H8BrF3N4O. The van der Waals surface area contributed by atoms with E-state index in [1.54, 1.807) is 6.92 Å². The smallest absolute Gasteiger partial charge is 0.289 e. The van der Waals surface area contributed by atoms with E-state index in [0.29, 0.717) is 5.82 Å². The van der Waals surface area contributed by atoms with Crippen molar-refractivity contribution in [3.63, 3.8) is 0 Å². The summed E-state index contributed by atoms with van der Waals surface area (Å²) in [6.07, 6.45) is -4.52. The fourth-order valence-electron chi connectivity index (χ4n) is 1.44. The van der Waals surface area contributed by atoms with E-state index < -0.39 is 17.6 Å². The second kappa shape index (κ2) is 5.23. The Balaban J connectivity index is 2.29. The Hall–Kier alpha value is -1.90. The Bertz CT molecular complexity index is 653. The first-order valence-electron chi connectivity index (χ1n) is 5.34. The summed E-state index contributed by atoms with van der Waals surface area (Å²) in [6.45, 7) is 1.63. The third kappa shape index (κ3) is 3.16. The lowest BCUT2D eigenvalue weighted by Crippen LogP contribution is -2.15. The van der Waals surface area contributed by atoms with Crippen molar-refractivity contribution in [2.45, 2.75) is 13.1 Å². The zero-order chi connectivity index (χ0) is 14.9. The summed E-state index contributed by atoms with van der Waals surface area (Å²) in [5, 5.41) is 8.49. The van der Waals surface area contributed by atoms with Crippen LogP contribution < -0.4 is 5.32 Å². The van der Waals surface area contributed by atoms with Crippen molar-refractivity contribution in [1.29, 1.82) is 0 Å². The molecule has 0 saturated heterocycles. The van der Waals surface area contributed by atoms with Gasteiger partial charge < -0.3 is 0 Å². The number of H-pyrrole nitrogens is 1. The summed E-state index contributed by atoms with van der Waals surface area (Å²) in [5.74, 6) is -0.262. The molecule has 106 valence electrons. The summed E-state index contributed by atoms with van der Waals surface area (Å²) in [6, 6.07) is 2.82.